The van der Waals surface area contributed by atoms with Crippen molar-refractivity contribution in [2.45, 2.75) is 4.90 Å². The van der Waals surface area contributed by atoms with Crippen LogP contribution in [-0.4, -0.2) is 17.6 Å². The van der Waals surface area contributed by atoms with Crippen molar-refractivity contribution < 1.29 is 9.59 Å². The van der Waals surface area contributed by atoms with Crippen LogP contribution in [0.3, 0.4) is 0 Å². The number of carbonyl (C=O) groups is 2. The van der Waals surface area contributed by atoms with E-state index in [0.717, 1.165) is 4.90 Å². The Kier molecular flexibility index (Phi) is 5.25. The lowest BCUT2D eigenvalue weighted by Gasteiger charge is -2.06. The summed E-state index contributed by atoms with van der Waals surface area (Å²) in [5.41, 5.74) is 6.17. The topological polar surface area (TPSA) is 72.2 Å². The Morgan fingerprint density at radius 2 is 1.76 bits per heavy atom. The van der Waals surface area contributed by atoms with Crippen molar-refractivity contribution in [2.24, 2.45) is 5.73 Å². The number of hydrogen-bond donors (Lipinski definition) is 2. The second-order valence-electron chi connectivity index (χ2n) is 4.21. The maximum Gasteiger partial charge on any atom is 0.248 e. The van der Waals surface area contributed by atoms with Gasteiger partial charge in [-0.2, -0.15) is 0 Å². The van der Waals surface area contributed by atoms with Crippen molar-refractivity contribution in [1.82, 2.24) is 0 Å². The molecule has 0 spiro atoms. The van der Waals surface area contributed by atoms with Crippen molar-refractivity contribution in [2.75, 3.05) is 11.1 Å². The molecule has 0 unspecified atom stereocenters. The van der Waals surface area contributed by atoms with Crippen LogP contribution in [0.25, 0.3) is 0 Å². The van der Waals surface area contributed by atoms with E-state index in [9.17, 15) is 9.59 Å². The largest absolute Gasteiger partial charge is 0.366 e. The summed E-state index contributed by atoms with van der Waals surface area (Å²) >= 11 is 7.38. The summed E-state index contributed by atoms with van der Waals surface area (Å²) in [6, 6.07) is 13.8. The molecular weight excluding hydrogens is 308 g/mol. The average Bonchev–Trinajstić information content (AvgIpc) is 2.47. The monoisotopic (exact) mass is 320 g/mol. The Labute approximate surface area is 131 Å². The summed E-state index contributed by atoms with van der Waals surface area (Å²) < 4.78 is 0. The summed E-state index contributed by atoms with van der Waals surface area (Å²) in [7, 11) is 0. The zero-order valence-corrected chi connectivity index (χ0v) is 12.6. The summed E-state index contributed by atoms with van der Waals surface area (Å²) in [5.74, 6) is -0.393. The molecule has 6 heteroatoms. The van der Waals surface area contributed by atoms with Gasteiger partial charge in [0.1, 0.15) is 0 Å². The number of thioether (sulfide) groups is 1. The summed E-state index contributed by atoms with van der Waals surface area (Å²) in [6.07, 6.45) is 0. The van der Waals surface area contributed by atoms with Gasteiger partial charge in [-0.1, -0.05) is 23.7 Å². The fourth-order valence-electron chi connectivity index (χ4n) is 1.62. The molecule has 0 saturated heterocycles. The van der Waals surface area contributed by atoms with Gasteiger partial charge in [-0.15, -0.1) is 11.8 Å². The first-order valence-corrected chi connectivity index (χ1v) is 7.49. The lowest BCUT2D eigenvalue weighted by Crippen LogP contribution is -2.15. The van der Waals surface area contributed by atoms with Crippen LogP contribution < -0.4 is 11.1 Å². The molecule has 0 aliphatic heterocycles. The fourth-order valence-corrected chi connectivity index (χ4v) is 2.66. The lowest BCUT2D eigenvalue weighted by atomic mass is 10.2. The Hall–Kier alpha value is -1.98. The predicted octanol–water partition coefficient (Wildman–Crippen LogP) is 3.17. The first-order chi connectivity index (χ1) is 10.1. The van der Waals surface area contributed by atoms with Crippen LogP contribution in [0, 0.1) is 0 Å². The Balaban J connectivity index is 1.90. The number of anilines is 1. The number of rotatable bonds is 5. The highest BCUT2D eigenvalue weighted by Crippen LogP contribution is 2.26. The third kappa shape index (κ3) is 4.51. The first kappa shape index (κ1) is 15.4. The highest BCUT2D eigenvalue weighted by molar-refractivity contribution is 8.00. The van der Waals surface area contributed by atoms with Gasteiger partial charge in [0.15, 0.2) is 0 Å². The average molecular weight is 321 g/mol. The van der Waals surface area contributed by atoms with Gasteiger partial charge >= 0.3 is 0 Å². The second kappa shape index (κ2) is 7.15. The van der Waals surface area contributed by atoms with Gasteiger partial charge in [-0.05, 0) is 36.4 Å². The van der Waals surface area contributed by atoms with Crippen LogP contribution >= 0.6 is 23.4 Å². The van der Waals surface area contributed by atoms with Crippen LogP contribution in [-0.2, 0) is 4.79 Å². The Morgan fingerprint density at radius 3 is 2.38 bits per heavy atom. The molecule has 0 radical (unpaired) electrons. The molecule has 0 aliphatic carbocycles. The molecule has 2 aromatic rings. The maximum atomic E-state index is 11.8. The van der Waals surface area contributed by atoms with E-state index < -0.39 is 5.91 Å². The van der Waals surface area contributed by atoms with Gasteiger partial charge in [-0.3, -0.25) is 9.59 Å². The van der Waals surface area contributed by atoms with E-state index in [1.54, 1.807) is 30.3 Å². The lowest BCUT2D eigenvalue weighted by molar-refractivity contribution is -0.113. The van der Waals surface area contributed by atoms with E-state index >= 15 is 0 Å². The van der Waals surface area contributed by atoms with Gasteiger partial charge < -0.3 is 11.1 Å². The van der Waals surface area contributed by atoms with Gasteiger partial charge in [0.05, 0.1) is 10.8 Å². The van der Waals surface area contributed by atoms with E-state index in [4.69, 9.17) is 17.3 Å². The molecule has 2 amide bonds. The molecule has 0 bridgehead atoms. The maximum absolute atomic E-state index is 11.8. The van der Waals surface area contributed by atoms with Crippen molar-refractivity contribution in [3.05, 3.63) is 59.1 Å². The van der Waals surface area contributed by atoms with Gasteiger partial charge in [0.25, 0.3) is 0 Å². The standard InChI is InChI=1S/C15H13ClN2O2S/c16-12-3-1-2-4-13(12)21-9-14(19)18-11-7-5-10(6-8-11)15(17)20/h1-8H,9H2,(H2,17,20)(H,18,19). The molecule has 0 fully saturated rings. The zero-order chi connectivity index (χ0) is 15.2. The predicted molar refractivity (Wildman–Crippen MR) is 85.8 cm³/mol. The number of primary amides is 1. The number of carbonyl (C=O) groups excluding carboxylic acids is 2. The number of nitrogens with two attached hydrogens (primary N) is 1. The first-order valence-electron chi connectivity index (χ1n) is 6.13. The fraction of sp³-hybridized carbons (Fsp3) is 0.0667. The molecule has 0 heterocycles. The molecule has 3 N–H and O–H groups in total. The number of hydrogen-bond acceptors (Lipinski definition) is 3. The number of nitrogens with one attached hydrogen (secondary N) is 1. The molecule has 4 nitrogen and oxygen atoms in total. The van der Waals surface area contributed by atoms with E-state index in [2.05, 4.69) is 5.32 Å². The summed E-state index contributed by atoms with van der Waals surface area (Å²) in [5, 5.41) is 3.37. The highest BCUT2D eigenvalue weighted by atomic mass is 35.5. The highest BCUT2D eigenvalue weighted by Gasteiger charge is 2.06. The quantitative estimate of drug-likeness (QED) is 0.831. The molecule has 108 valence electrons. The molecule has 21 heavy (non-hydrogen) atoms. The Bertz CT molecular complexity index is 659. The molecule has 2 rings (SSSR count). The Morgan fingerprint density at radius 1 is 1.10 bits per heavy atom. The zero-order valence-electron chi connectivity index (χ0n) is 11.0. The van der Waals surface area contributed by atoms with Gasteiger partial charge in [0.2, 0.25) is 11.8 Å². The van der Waals surface area contributed by atoms with Gasteiger partial charge in [0, 0.05) is 16.1 Å². The normalized spacial score (nSPS) is 10.1. The summed E-state index contributed by atoms with van der Waals surface area (Å²) in [4.78, 5) is 23.7. The second-order valence-corrected chi connectivity index (χ2v) is 5.63. The van der Waals surface area contributed by atoms with E-state index in [-0.39, 0.29) is 11.7 Å². The van der Waals surface area contributed by atoms with E-state index in [0.29, 0.717) is 16.3 Å². The minimum absolute atomic E-state index is 0.147. The molecule has 0 aliphatic rings. The SMILES string of the molecule is NC(=O)c1ccc(NC(=O)CSc2ccccc2Cl)cc1. The third-order valence-electron chi connectivity index (χ3n) is 2.65. The van der Waals surface area contributed by atoms with Crippen LogP contribution in [0.5, 0.6) is 0 Å². The summed E-state index contributed by atoms with van der Waals surface area (Å²) in [6.45, 7) is 0. The molecular formula is C15H13ClN2O2S. The van der Waals surface area contributed by atoms with E-state index in [1.165, 1.54) is 11.8 Å². The van der Waals surface area contributed by atoms with Crippen molar-refractivity contribution in [3.8, 4) is 0 Å². The van der Waals surface area contributed by atoms with Gasteiger partial charge in [-0.25, -0.2) is 0 Å². The smallest absolute Gasteiger partial charge is 0.248 e. The number of halogens is 1. The molecule has 0 aromatic heterocycles. The van der Waals surface area contributed by atoms with Crippen LogP contribution in [0.4, 0.5) is 5.69 Å². The third-order valence-corrected chi connectivity index (χ3v) is 4.16. The minimum atomic E-state index is -0.498. The molecule has 0 atom stereocenters. The van der Waals surface area contributed by atoms with Crippen LogP contribution in [0.15, 0.2) is 53.4 Å². The minimum Gasteiger partial charge on any atom is -0.366 e. The molecule has 0 saturated carbocycles. The van der Waals surface area contributed by atoms with Crippen molar-refractivity contribution in [3.63, 3.8) is 0 Å². The molecule has 2 aromatic carbocycles. The van der Waals surface area contributed by atoms with Crippen molar-refractivity contribution >= 4 is 40.9 Å². The van der Waals surface area contributed by atoms with Crippen molar-refractivity contribution in [1.29, 1.82) is 0 Å². The number of amides is 2. The number of benzene rings is 2. The van der Waals surface area contributed by atoms with Crippen LogP contribution in [0.1, 0.15) is 10.4 Å². The van der Waals surface area contributed by atoms with E-state index in [1.807, 2.05) is 18.2 Å². The van der Waals surface area contributed by atoms with Crippen LogP contribution in [0.2, 0.25) is 5.02 Å².